The van der Waals surface area contributed by atoms with Crippen LogP contribution in [0.25, 0.3) is 0 Å². The highest BCUT2D eigenvalue weighted by atomic mass is 16.5. The fraction of sp³-hybridized carbons (Fsp3) is 0.593. The van der Waals surface area contributed by atoms with Gasteiger partial charge in [-0.05, 0) is 61.1 Å². The summed E-state index contributed by atoms with van der Waals surface area (Å²) in [6.45, 7) is 6.57. The summed E-state index contributed by atoms with van der Waals surface area (Å²) in [5.74, 6) is -0.325. The first-order valence-electron chi connectivity index (χ1n) is 11.8. The van der Waals surface area contributed by atoms with Gasteiger partial charge in [-0.25, -0.2) is 4.79 Å². The molecule has 0 heterocycles. The van der Waals surface area contributed by atoms with Crippen LogP contribution in [0.4, 0.5) is 0 Å². The van der Waals surface area contributed by atoms with Crippen molar-refractivity contribution in [2.75, 3.05) is 13.2 Å². The minimum Gasteiger partial charge on any atom is -0.457 e. The van der Waals surface area contributed by atoms with Gasteiger partial charge < -0.3 is 20.1 Å². The normalized spacial score (nSPS) is 35.4. The maximum atomic E-state index is 12.4. The molecule has 3 aliphatic rings. The van der Waals surface area contributed by atoms with Gasteiger partial charge in [-0.1, -0.05) is 56.2 Å². The van der Waals surface area contributed by atoms with Gasteiger partial charge in [-0.3, -0.25) is 0 Å². The average Bonchev–Trinajstić information content (AvgIpc) is 3.11. The zero-order valence-electron chi connectivity index (χ0n) is 19.4. The summed E-state index contributed by atoms with van der Waals surface area (Å²) in [6.07, 6.45) is 4.60. The molecule has 5 heteroatoms. The Morgan fingerprint density at radius 3 is 2.56 bits per heavy atom. The lowest BCUT2D eigenvalue weighted by Gasteiger charge is -2.51. The van der Waals surface area contributed by atoms with Gasteiger partial charge in [0.1, 0.15) is 6.61 Å². The van der Waals surface area contributed by atoms with E-state index in [9.17, 15) is 20.1 Å². The van der Waals surface area contributed by atoms with Crippen LogP contribution >= 0.6 is 0 Å². The number of aliphatic hydroxyl groups excluding tert-OH is 3. The van der Waals surface area contributed by atoms with Gasteiger partial charge in [0.25, 0.3) is 0 Å². The first-order valence-corrected chi connectivity index (χ1v) is 11.8. The van der Waals surface area contributed by atoms with E-state index in [1.165, 1.54) is 11.1 Å². The molecule has 32 heavy (non-hydrogen) atoms. The van der Waals surface area contributed by atoms with Crippen LogP contribution in [0.2, 0.25) is 0 Å². The molecule has 4 rings (SSSR count). The van der Waals surface area contributed by atoms with Gasteiger partial charge in [0.05, 0.1) is 17.8 Å². The zero-order chi connectivity index (χ0) is 23.1. The second kappa shape index (κ2) is 8.77. The van der Waals surface area contributed by atoms with E-state index in [0.29, 0.717) is 17.6 Å². The molecule has 0 saturated heterocycles. The molecular formula is C27H36O5. The van der Waals surface area contributed by atoms with Crippen molar-refractivity contribution in [1.29, 1.82) is 0 Å². The van der Waals surface area contributed by atoms with Crippen LogP contribution in [0.3, 0.4) is 0 Å². The van der Waals surface area contributed by atoms with E-state index in [4.69, 9.17) is 4.74 Å². The quantitative estimate of drug-likeness (QED) is 0.475. The molecule has 1 fully saturated rings. The lowest BCUT2D eigenvalue weighted by molar-refractivity contribution is -0.0143. The van der Waals surface area contributed by atoms with E-state index in [0.717, 1.165) is 25.7 Å². The van der Waals surface area contributed by atoms with Crippen molar-refractivity contribution in [3.05, 3.63) is 58.7 Å². The predicted molar refractivity (Wildman–Crippen MR) is 123 cm³/mol. The third-order valence-corrected chi connectivity index (χ3v) is 8.48. The number of carbonyl (C=O) groups is 1. The number of aliphatic hydroxyl groups is 3. The molecule has 1 aromatic rings. The first kappa shape index (κ1) is 23.2. The van der Waals surface area contributed by atoms with Crippen LogP contribution < -0.4 is 0 Å². The van der Waals surface area contributed by atoms with E-state index in [1.54, 1.807) is 30.3 Å². The van der Waals surface area contributed by atoms with E-state index in [-0.39, 0.29) is 30.5 Å². The van der Waals surface area contributed by atoms with Crippen LogP contribution in [0.15, 0.2) is 53.1 Å². The first-order chi connectivity index (χ1) is 15.2. The minimum absolute atomic E-state index is 0.0244. The largest absolute Gasteiger partial charge is 0.457 e. The topological polar surface area (TPSA) is 87.0 Å². The maximum absolute atomic E-state index is 12.4. The van der Waals surface area contributed by atoms with Crippen LogP contribution in [0.1, 0.15) is 63.2 Å². The highest BCUT2D eigenvalue weighted by molar-refractivity contribution is 5.89. The molecule has 0 unspecified atom stereocenters. The Labute approximate surface area is 190 Å². The average molecular weight is 441 g/mol. The molecule has 0 radical (unpaired) electrons. The Morgan fingerprint density at radius 1 is 1.16 bits per heavy atom. The summed E-state index contributed by atoms with van der Waals surface area (Å²) >= 11 is 0. The van der Waals surface area contributed by atoms with Crippen molar-refractivity contribution in [2.45, 2.75) is 65.1 Å². The van der Waals surface area contributed by atoms with Gasteiger partial charge in [-0.2, -0.15) is 0 Å². The lowest BCUT2D eigenvalue weighted by atomic mass is 9.54. The van der Waals surface area contributed by atoms with E-state index in [1.807, 2.05) is 6.07 Å². The lowest BCUT2D eigenvalue weighted by Crippen LogP contribution is -2.46. The summed E-state index contributed by atoms with van der Waals surface area (Å²) < 4.78 is 5.49. The van der Waals surface area contributed by atoms with Crippen molar-refractivity contribution in [1.82, 2.24) is 0 Å². The van der Waals surface area contributed by atoms with Crippen LogP contribution in [-0.4, -0.2) is 46.7 Å². The monoisotopic (exact) mass is 440 g/mol. The summed E-state index contributed by atoms with van der Waals surface area (Å²) in [7, 11) is 0. The fourth-order valence-corrected chi connectivity index (χ4v) is 6.21. The van der Waals surface area contributed by atoms with Crippen molar-refractivity contribution >= 4 is 5.97 Å². The number of carbonyl (C=O) groups excluding carboxylic acids is 1. The van der Waals surface area contributed by atoms with Gasteiger partial charge in [0, 0.05) is 17.9 Å². The molecule has 1 aromatic carbocycles. The van der Waals surface area contributed by atoms with Crippen LogP contribution in [-0.2, 0) is 4.74 Å². The van der Waals surface area contributed by atoms with Crippen molar-refractivity contribution in [3.8, 4) is 0 Å². The molecule has 5 nitrogen and oxygen atoms in total. The SMILES string of the molecule is C[C@@H](CO)C1=C2[C@@H]3C[C@@H](O)C(COC(=O)c4ccccc4)=C[C@@H](O)[C@@]3(C)CC[C@]2(C)CC1. The standard InChI is InChI=1S/C27H36O5/c1-17(15-28)20-9-10-26(2)11-12-27(3)21(24(20)26)14-22(29)19(13-23(27)30)16-32-25(31)18-7-5-4-6-8-18/h4-8,13,17,21-23,28-30H,9-12,14-16H2,1-3H3/t17-,21-,22+,23+,26-,27-/m0/s1. The molecule has 6 atom stereocenters. The minimum atomic E-state index is -0.791. The molecule has 0 bridgehead atoms. The van der Waals surface area contributed by atoms with E-state index < -0.39 is 23.6 Å². The number of ether oxygens (including phenoxy) is 1. The number of benzene rings is 1. The predicted octanol–water partition coefficient (Wildman–Crippen LogP) is 4.04. The molecule has 1 saturated carbocycles. The molecule has 0 spiro atoms. The van der Waals surface area contributed by atoms with E-state index >= 15 is 0 Å². The summed E-state index contributed by atoms with van der Waals surface area (Å²) in [4.78, 5) is 12.4. The molecule has 0 amide bonds. The van der Waals surface area contributed by atoms with Gasteiger partial charge in [-0.15, -0.1) is 0 Å². The second-order valence-electron chi connectivity index (χ2n) is 10.5. The Bertz CT molecular complexity index is 919. The van der Waals surface area contributed by atoms with Crippen LogP contribution in [0, 0.1) is 22.7 Å². The van der Waals surface area contributed by atoms with Gasteiger partial charge >= 0.3 is 5.97 Å². The number of fused-ring (bicyclic) bond motifs is 3. The van der Waals surface area contributed by atoms with Crippen molar-refractivity contribution in [2.24, 2.45) is 22.7 Å². The summed E-state index contributed by atoms with van der Waals surface area (Å²) in [6, 6.07) is 8.79. The number of esters is 1. The third-order valence-electron chi connectivity index (χ3n) is 8.48. The van der Waals surface area contributed by atoms with Gasteiger partial charge in [0.15, 0.2) is 0 Å². The Balaban J connectivity index is 1.61. The molecule has 0 aliphatic heterocycles. The maximum Gasteiger partial charge on any atom is 0.338 e. The highest BCUT2D eigenvalue weighted by Crippen LogP contribution is 2.63. The highest BCUT2D eigenvalue weighted by Gasteiger charge is 2.55. The molecular weight excluding hydrogens is 404 g/mol. The fourth-order valence-electron chi connectivity index (χ4n) is 6.21. The number of allylic oxidation sites excluding steroid dienone is 1. The Hall–Kier alpha value is -1.95. The second-order valence-corrected chi connectivity index (χ2v) is 10.5. The Morgan fingerprint density at radius 2 is 1.88 bits per heavy atom. The smallest absolute Gasteiger partial charge is 0.338 e. The molecule has 3 N–H and O–H groups in total. The van der Waals surface area contributed by atoms with E-state index in [2.05, 4.69) is 20.8 Å². The zero-order valence-corrected chi connectivity index (χ0v) is 19.4. The third kappa shape index (κ3) is 3.95. The molecule has 3 aliphatic carbocycles. The molecule has 0 aromatic heterocycles. The van der Waals surface area contributed by atoms with Crippen LogP contribution in [0.5, 0.6) is 0 Å². The molecule has 174 valence electrons. The number of hydrogen-bond donors (Lipinski definition) is 3. The summed E-state index contributed by atoms with van der Waals surface area (Å²) in [5.41, 5.74) is 3.35. The van der Waals surface area contributed by atoms with Crippen molar-refractivity contribution < 1.29 is 24.9 Å². The summed E-state index contributed by atoms with van der Waals surface area (Å²) in [5, 5.41) is 32.3. The number of rotatable bonds is 5. The van der Waals surface area contributed by atoms with Crippen molar-refractivity contribution in [3.63, 3.8) is 0 Å². The Kier molecular flexibility index (Phi) is 6.36. The van der Waals surface area contributed by atoms with Gasteiger partial charge in [0.2, 0.25) is 0 Å². The number of hydrogen-bond acceptors (Lipinski definition) is 5.